The van der Waals surface area contributed by atoms with Gasteiger partial charge in [0.25, 0.3) is 22.7 Å². The van der Waals surface area contributed by atoms with E-state index in [1.165, 1.54) is 66.8 Å². The number of nitrogens with zero attached hydrogens (tertiary/aromatic N) is 4. The zero-order chi connectivity index (χ0) is 24.8. The van der Waals surface area contributed by atoms with Crippen molar-refractivity contribution in [3.8, 4) is 0 Å². The SMILES string of the molecule is O=[N+]([O-])c1cccc(/C=C/c2cc(/C=C/c3cccc([N+](=O)[O-])c3)c([N+](=O)[O-])cc2[N+](=O)[O-])c1. The molecule has 3 aromatic rings. The molecule has 0 fully saturated rings. The number of non-ortho nitro benzene ring substituents is 2. The second-order valence-corrected chi connectivity index (χ2v) is 6.85. The van der Waals surface area contributed by atoms with Crippen LogP contribution in [-0.2, 0) is 0 Å². The van der Waals surface area contributed by atoms with Crippen molar-refractivity contribution in [3.63, 3.8) is 0 Å². The van der Waals surface area contributed by atoms with Crippen LogP contribution in [-0.4, -0.2) is 19.7 Å². The first-order valence-electron chi connectivity index (χ1n) is 9.47. The molecular formula is C22H14N4O8. The number of nitro benzene ring substituents is 4. The van der Waals surface area contributed by atoms with Gasteiger partial charge >= 0.3 is 0 Å². The fourth-order valence-electron chi connectivity index (χ4n) is 3.05. The van der Waals surface area contributed by atoms with Crippen molar-refractivity contribution in [2.24, 2.45) is 0 Å². The van der Waals surface area contributed by atoms with Gasteiger partial charge in [0.05, 0.1) is 36.9 Å². The van der Waals surface area contributed by atoms with Crippen molar-refractivity contribution in [2.45, 2.75) is 0 Å². The van der Waals surface area contributed by atoms with Crippen LogP contribution >= 0.6 is 0 Å². The van der Waals surface area contributed by atoms with E-state index in [1.807, 2.05) is 0 Å². The van der Waals surface area contributed by atoms with Gasteiger partial charge in [0.1, 0.15) is 0 Å². The summed E-state index contributed by atoms with van der Waals surface area (Å²) in [6.07, 6.45) is 5.47. The monoisotopic (exact) mass is 462 g/mol. The maximum absolute atomic E-state index is 11.5. The number of hydrogen-bond donors (Lipinski definition) is 0. The van der Waals surface area contributed by atoms with Crippen LogP contribution in [0.1, 0.15) is 22.3 Å². The van der Waals surface area contributed by atoms with Gasteiger partial charge in [-0.3, -0.25) is 40.5 Å². The molecule has 0 saturated carbocycles. The molecule has 0 aromatic heterocycles. The lowest BCUT2D eigenvalue weighted by Crippen LogP contribution is -1.98. The maximum Gasteiger partial charge on any atom is 0.283 e. The minimum absolute atomic E-state index is 0.0285. The van der Waals surface area contributed by atoms with Crippen LogP contribution in [0.25, 0.3) is 24.3 Å². The average Bonchev–Trinajstić information content (AvgIpc) is 2.81. The Hall–Kier alpha value is -5.26. The zero-order valence-electron chi connectivity index (χ0n) is 17.1. The quantitative estimate of drug-likeness (QED) is 0.234. The molecule has 3 rings (SSSR count). The van der Waals surface area contributed by atoms with Gasteiger partial charge in [-0.1, -0.05) is 36.4 Å². The Bertz CT molecular complexity index is 1280. The molecule has 0 amide bonds. The molecular weight excluding hydrogens is 448 g/mol. The Kier molecular flexibility index (Phi) is 6.82. The summed E-state index contributed by atoms with van der Waals surface area (Å²) < 4.78 is 0. The summed E-state index contributed by atoms with van der Waals surface area (Å²) in [5.74, 6) is 0. The first-order valence-corrected chi connectivity index (χ1v) is 9.47. The molecule has 0 aliphatic rings. The largest absolute Gasteiger partial charge is 0.283 e. The molecule has 0 heterocycles. The van der Waals surface area contributed by atoms with E-state index in [9.17, 15) is 40.5 Å². The third-order valence-electron chi connectivity index (χ3n) is 4.64. The maximum atomic E-state index is 11.5. The molecule has 0 N–H and O–H groups in total. The topological polar surface area (TPSA) is 173 Å². The van der Waals surface area contributed by atoms with Gasteiger partial charge in [0.2, 0.25) is 0 Å². The minimum Gasteiger partial charge on any atom is -0.258 e. The summed E-state index contributed by atoms with van der Waals surface area (Å²) in [7, 11) is 0. The van der Waals surface area contributed by atoms with Crippen molar-refractivity contribution in [1.82, 2.24) is 0 Å². The lowest BCUT2D eigenvalue weighted by atomic mass is 10.0. The molecule has 0 atom stereocenters. The van der Waals surface area contributed by atoms with Crippen LogP contribution in [0.4, 0.5) is 22.7 Å². The summed E-state index contributed by atoms with van der Waals surface area (Å²) in [4.78, 5) is 42.2. The number of benzene rings is 3. The van der Waals surface area contributed by atoms with Crippen molar-refractivity contribution in [2.75, 3.05) is 0 Å². The van der Waals surface area contributed by atoms with Crippen molar-refractivity contribution in [1.29, 1.82) is 0 Å². The molecule has 0 radical (unpaired) electrons. The van der Waals surface area contributed by atoms with Gasteiger partial charge in [0.15, 0.2) is 0 Å². The molecule has 34 heavy (non-hydrogen) atoms. The van der Waals surface area contributed by atoms with Crippen molar-refractivity contribution >= 4 is 47.1 Å². The Labute approximate surface area is 190 Å². The van der Waals surface area contributed by atoms with Crippen LogP contribution in [0, 0.1) is 40.5 Å². The fraction of sp³-hybridized carbons (Fsp3) is 0. The van der Waals surface area contributed by atoms with Crippen LogP contribution in [0.15, 0.2) is 60.7 Å². The summed E-state index contributed by atoms with van der Waals surface area (Å²) in [6.45, 7) is 0. The van der Waals surface area contributed by atoms with Gasteiger partial charge in [-0.2, -0.15) is 0 Å². The molecule has 12 nitrogen and oxygen atoms in total. The molecule has 0 spiro atoms. The van der Waals surface area contributed by atoms with E-state index in [0.29, 0.717) is 11.1 Å². The van der Waals surface area contributed by atoms with E-state index < -0.39 is 31.1 Å². The third-order valence-corrected chi connectivity index (χ3v) is 4.64. The fourth-order valence-corrected chi connectivity index (χ4v) is 3.05. The summed E-state index contributed by atoms with van der Waals surface area (Å²) in [6, 6.07) is 13.2. The van der Waals surface area contributed by atoms with Crippen molar-refractivity contribution < 1.29 is 19.7 Å². The van der Waals surface area contributed by atoms with E-state index in [1.54, 1.807) is 12.1 Å². The standard InChI is InChI=1S/C22H14N4O8/c27-23(28)19-5-1-3-15(11-19)7-9-17-13-18(22(26(33)34)14-21(17)25(31)32)10-8-16-4-2-6-20(12-16)24(29)30/h1-14H/b9-7+,10-8+. The molecule has 3 aromatic carbocycles. The van der Waals surface area contributed by atoms with Crippen molar-refractivity contribution in [3.05, 3.63) is 123 Å². The van der Waals surface area contributed by atoms with E-state index in [-0.39, 0.29) is 22.5 Å². The molecule has 0 unspecified atom stereocenters. The molecule has 0 aliphatic heterocycles. The third kappa shape index (κ3) is 5.50. The first-order chi connectivity index (χ1) is 16.2. The lowest BCUT2D eigenvalue weighted by Gasteiger charge is -2.03. The van der Waals surface area contributed by atoms with Gasteiger partial charge in [-0.15, -0.1) is 0 Å². The Balaban J connectivity index is 2.07. The Morgan fingerprint density at radius 3 is 1.26 bits per heavy atom. The van der Waals surface area contributed by atoms with Crippen LogP contribution in [0.2, 0.25) is 0 Å². The molecule has 170 valence electrons. The zero-order valence-corrected chi connectivity index (χ0v) is 17.1. The summed E-state index contributed by atoms with van der Waals surface area (Å²) in [5.41, 5.74) is -0.531. The highest BCUT2D eigenvalue weighted by Crippen LogP contribution is 2.32. The number of hydrogen-bond acceptors (Lipinski definition) is 8. The van der Waals surface area contributed by atoms with E-state index >= 15 is 0 Å². The molecule has 0 aliphatic carbocycles. The second kappa shape index (κ2) is 9.91. The Morgan fingerprint density at radius 1 is 0.500 bits per heavy atom. The van der Waals surface area contributed by atoms with E-state index in [2.05, 4.69) is 0 Å². The highest BCUT2D eigenvalue weighted by molar-refractivity contribution is 5.82. The van der Waals surface area contributed by atoms with Gasteiger partial charge < -0.3 is 0 Å². The van der Waals surface area contributed by atoms with Gasteiger partial charge in [0, 0.05) is 24.3 Å². The normalized spacial score (nSPS) is 11.1. The average molecular weight is 462 g/mol. The lowest BCUT2D eigenvalue weighted by molar-refractivity contribution is -0.394. The predicted molar refractivity (Wildman–Crippen MR) is 124 cm³/mol. The number of rotatable bonds is 8. The van der Waals surface area contributed by atoms with Gasteiger partial charge in [-0.05, 0) is 29.3 Å². The Morgan fingerprint density at radius 2 is 0.912 bits per heavy atom. The van der Waals surface area contributed by atoms with Crippen LogP contribution in [0.5, 0.6) is 0 Å². The van der Waals surface area contributed by atoms with E-state index in [0.717, 1.165) is 6.07 Å². The first kappa shape index (κ1) is 23.4. The van der Waals surface area contributed by atoms with Gasteiger partial charge in [-0.25, -0.2) is 0 Å². The predicted octanol–water partition coefficient (Wildman–Crippen LogP) is 5.66. The minimum atomic E-state index is -0.770. The van der Waals surface area contributed by atoms with Crippen LogP contribution < -0.4 is 0 Å². The summed E-state index contributed by atoms with van der Waals surface area (Å²) in [5, 5.41) is 44.9. The smallest absolute Gasteiger partial charge is 0.258 e. The number of nitro groups is 4. The highest BCUT2D eigenvalue weighted by Gasteiger charge is 2.22. The second-order valence-electron chi connectivity index (χ2n) is 6.85. The molecule has 0 bridgehead atoms. The van der Waals surface area contributed by atoms with Crippen LogP contribution in [0.3, 0.4) is 0 Å². The molecule has 12 heteroatoms. The summed E-state index contributed by atoms with van der Waals surface area (Å²) >= 11 is 0. The highest BCUT2D eigenvalue weighted by atomic mass is 16.6. The van der Waals surface area contributed by atoms with E-state index in [4.69, 9.17) is 0 Å². The molecule has 0 saturated heterocycles.